The summed E-state index contributed by atoms with van der Waals surface area (Å²) in [4.78, 5) is 12.8. The molecule has 3 rings (SSSR count). The Labute approximate surface area is 173 Å². The zero-order valence-electron chi connectivity index (χ0n) is 16.1. The number of nitrogens with zero attached hydrogens (tertiary/aromatic N) is 5. The second-order valence-electron chi connectivity index (χ2n) is 6.34. The van der Waals surface area contributed by atoms with E-state index in [1.165, 1.54) is 11.8 Å². The normalized spacial score (nSPS) is 11.1. The van der Waals surface area contributed by atoms with Crippen LogP contribution >= 0.6 is 23.4 Å². The van der Waals surface area contributed by atoms with Gasteiger partial charge in [-0.1, -0.05) is 23.4 Å². The molecular weight excluding hydrogens is 398 g/mol. The van der Waals surface area contributed by atoms with Crippen LogP contribution in [0.4, 0.5) is 0 Å². The first kappa shape index (κ1) is 20.6. The van der Waals surface area contributed by atoms with Crippen LogP contribution in [0.15, 0.2) is 35.5 Å². The fourth-order valence-corrected chi connectivity index (χ4v) is 3.92. The van der Waals surface area contributed by atoms with Crippen molar-refractivity contribution in [3.63, 3.8) is 0 Å². The number of halogens is 1. The first-order chi connectivity index (χ1) is 13.5. The number of thioether (sulfide) groups is 1. The molecule has 2 heterocycles. The van der Waals surface area contributed by atoms with Crippen molar-refractivity contribution in [1.82, 2.24) is 24.8 Å². The number of hydrogen-bond acceptors (Lipinski definition) is 6. The third kappa shape index (κ3) is 4.63. The van der Waals surface area contributed by atoms with E-state index in [0.717, 1.165) is 35.6 Å². The molecule has 0 amide bonds. The van der Waals surface area contributed by atoms with Gasteiger partial charge in [0, 0.05) is 42.2 Å². The average Bonchev–Trinajstić information content (AvgIpc) is 3.26. The third-order valence-corrected chi connectivity index (χ3v) is 5.62. The summed E-state index contributed by atoms with van der Waals surface area (Å²) in [6.45, 7) is 5.53. The molecule has 0 bridgehead atoms. The molecule has 1 aromatic carbocycles. The Hall–Kier alpha value is -2.16. The van der Waals surface area contributed by atoms with Gasteiger partial charge in [0.1, 0.15) is 0 Å². The first-order valence-electron chi connectivity index (χ1n) is 8.87. The van der Waals surface area contributed by atoms with E-state index in [2.05, 4.69) is 20.1 Å². The molecule has 0 aliphatic carbocycles. The minimum Gasteiger partial charge on any atom is -0.385 e. The Bertz CT molecular complexity index is 952. The van der Waals surface area contributed by atoms with Gasteiger partial charge in [-0.25, -0.2) is 0 Å². The summed E-state index contributed by atoms with van der Waals surface area (Å²) in [5, 5.41) is 13.0. The van der Waals surface area contributed by atoms with Crippen LogP contribution in [-0.4, -0.2) is 50.0 Å². The van der Waals surface area contributed by atoms with Gasteiger partial charge in [-0.15, -0.1) is 5.10 Å². The predicted octanol–water partition coefficient (Wildman–Crippen LogP) is 3.75. The van der Waals surface area contributed by atoms with Crippen LogP contribution in [0.25, 0.3) is 5.69 Å². The lowest BCUT2D eigenvalue weighted by Gasteiger charge is -2.09. The van der Waals surface area contributed by atoms with Gasteiger partial charge in [-0.3, -0.25) is 4.79 Å². The Morgan fingerprint density at radius 3 is 2.71 bits per heavy atom. The van der Waals surface area contributed by atoms with Gasteiger partial charge in [0.15, 0.2) is 5.78 Å². The molecule has 0 radical (unpaired) electrons. The van der Waals surface area contributed by atoms with Crippen LogP contribution < -0.4 is 0 Å². The number of benzene rings is 1. The molecule has 0 aliphatic heterocycles. The van der Waals surface area contributed by atoms with Crippen LogP contribution in [0.2, 0.25) is 5.02 Å². The van der Waals surface area contributed by atoms with Crippen LogP contribution in [0.3, 0.4) is 0 Å². The van der Waals surface area contributed by atoms with E-state index in [0.29, 0.717) is 16.8 Å². The van der Waals surface area contributed by atoms with E-state index < -0.39 is 0 Å². The summed E-state index contributed by atoms with van der Waals surface area (Å²) in [6, 6.07) is 9.16. The molecule has 0 spiro atoms. The van der Waals surface area contributed by atoms with Crippen LogP contribution in [0, 0.1) is 13.8 Å². The number of rotatable bonds is 9. The molecule has 0 N–H and O–H groups in total. The van der Waals surface area contributed by atoms with Gasteiger partial charge in [0.25, 0.3) is 0 Å². The topological polar surface area (TPSA) is 74.8 Å². The highest BCUT2D eigenvalue weighted by molar-refractivity contribution is 7.99. The molecule has 0 saturated heterocycles. The molecule has 28 heavy (non-hydrogen) atoms. The third-order valence-electron chi connectivity index (χ3n) is 4.45. The van der Waals surface area contributed by atoms with Crippen molar-refractivity contribution < 1.29 is 9.53 Å². The van der Waals surface area contributed by atoms with Crippen molar-refractivity contribution in [3.05, 3.63) is 52.3 Å². The number of aryl methyl sites for hydroxylation is 1. The lowest BCUT2D eigenvalue weighted by Crippen LogP contribution is -2.08. The highest BCUT2D eigenvalue weighted by atomic mass is 35.5. The van der Waals surface area contributed by atoms with E-state index in [4.69, 9.17) is 16.3 Å². The van der Waals surface area contributed by atoms with Gasteiger partial charge >= 0.3 is 0 Å². The Morgan fingerprint density at radius 1 is 1.25 bits per heavy atom. The van der Waals surface area contributed by atoms with Gasteiger partial charge in [0.2, 0.25) is 5.16 Å². The van der Waals surface area contributed by atoms with E-state index in [1.807, 2.05) is 32.0 Å². The number of ether oxygens (including phenoxy) is 1. The first-order valence-corrected chi connectivity index (χ1v) is 10.2. The van der Waals surface area contributed by atoms with Crippen LogP contribution in [0.5, 0.6) is 0 Å². The van der Waals surface area contributed by atoms with E-state index in [1.54, 1.807) is 23.9 Å². The number of aromatic nitrogens is 5. The number of tetrazole rings is 1. The molecule has 7 nitrogen and oxygen atoms in total. The largest absolute Gasteiger partial charge is 0.385 e. The van der Waals surface area contributed by atoms with Crippen molar-refractivity contribution in [1.29, 1.82) is 0 Å². The minimum absolute atomic E-state index is 0.0572. The van der Waals surface area contributed by atoms with Crippen molar-refractivity contribution >= 4 is 29.1 Å². The van der Waals surface area contributed by atoms with Crippen molar-refractivity contribution in [2.45, 2.75) is 32.0 Å². The zero-order chi connectivity index (χ0) is 20.1. The molecule has 3 aromatic rings. The standard InChI is InChI=1S/C19H22ClN5O2S/c1-13-11-17(14(2)24(13)9-4-10-27-3)18(26)12-28-19-21-22-23-25(19)16-7-5-15(20)6-8-16/h5-8,11H,4,9-10,12H2,1-3H3. The lowest BCUT2D eigenvalue weighted by molar-refractivity contribution is 0.102. The second kappa shape index (κ2) is 9.36. The molecule has 9 heteroatoms. The van der Waals surface area contributed by atoms with Gasteiger partial charge in [-0.05, 0) is 61.0 Å². The van der Waals surface area contributed by atoms with Crippen molar-refractivity contribution in [2.24, 2.45) is 0 Å². The summed E-state index contributed by atoms with van der Waals surface area (Å²) in [6.07, 6.45) is 0.908. The average molecular weight is 420 g/mol. The van der Waals surface area contributed by atoms with Crippen molar-refractivity contribution in [2.75, 3.05) is 19.5 Å². The molecule has 0 atom stereocenters. The van der Waals surface area contributed by atoms with Gasteiger partial charge < -0.3 is 9.30 Å². The predicted molar refractivity (Wildman–Crippen MR) is 110 cm³/mol. The maximum Gasteiger partial charge on any atom is 0.214 e. The van der Waals surface area contributed by atoms with E-state index >= 15 is 0 Å². The molecule has 0 saturated carbocycles. The highest BCUT2D eigenvalue weighted by Gasteiger charge is 2.18. The van der Waals surface area contributed by atoms with Crippen LogP contribution in [0.1, 0.15) is 28.2 Å². The number of carbonyl (C=O) groups excluding carboxylic acids is 1. The number of carbonyl (C=O) groups is 1. The summed E-state index contributed by atoms with van der Waals surface area (Å²) < 4.78 is 8.88. The minimum atomic E-state index is 0.0572. The Morgan fingerprint density at radius 2 is 2.00 bits per heavy atom. The smallest absolute Gasteiger partial charge is 0.214 e. The molecule has 148 valence electrons. The molecular formula is C19H22ClN5O2S. The number of ketones is 1. The molecule has 0 aliphatic rings. The number of methoxy groups -OCH3 is 1. The maximum absolute atomic E-state index is 12.8. The maximum atomic E-state index is 12.8. The fourth-order valence-electron chi connectivity index (χ4n) is 3.02. The quantitative estimate of drug-likeness (QED) is 0.299. The zero-order valence-corrected chi connectivity index (χ0v) is 17.6. The summed E-state index contributed by atoms with van der Waals surface area (Å²) in [7, 11) is 1.69. The van der Waals surface area contributed by atoms with Crippen LogP contribution in [-0.2, 0) is 11.3 Å². The number of Topliss-reactive ketones (excluding diaryl/α,β-unsaturated/α-hetero) is 1. The summed E-state index contributed by atoms with van der Waals surface area (Å²) >= 11 is 7.25. The van der Waals surface area contributed by atoms with Gasteiger partial charge in [-0.2, -0.15) is 4.68 Å². The molecule has 0 fully saturated rings. The van der Waals surface area contributed by atoms with Crippen molar-refractivity contribution in [3.8, 4) is 5.69 Å². The number of hydrogen-bond donors (Lipinski definition) is 0. The van der Waals surface area contributed by atoms with E-state index in [9.17, 15) is 4.79 Å². The lowest BCUT2D eigenvalue weighted by atomic mass is 10.2. The monoisotopic (exact) mass is 419 g/mol. The second-order valence-corrected chi connectivity index (χ2v) is 7.72. The molecule has 2 aromatic heterocycles. The fraction of sp³-hybridized carbons (Fsp3) is 0.368. The van der Waals surface area contributed by atoms with Gasteiger partial charge in [0.05, 0.1) is 11.4 Å². The molecule has 0 unspecified atom stereocenters. The SMILES string of the molecule is COCCCn1c(C)cc(C(=O)CSc2nnnn2-c2ccc(Cl)cc2)c1C. The highest BCUT2D eigenvalue weighted by Crippen LogP contribution is 2.23. The summed E-state index contributed by atoms with van der Waals surface area (Å²) in [5.41, 5.74) is 3.60. The van der Waals surface area contributed by atoms with E-state index in [-0.39, 0.29) is 11.5 Å². The summed E-state index contributed by atoms with van der Waals surface area (Å²) in [5.74, 6) is 0.317. The Balaban J connectivity index is 1.69. The Kier molecular flexibility index (Phi) is 6.88.